The van der Waals surface area contributed by atoms with Crippen LogP contribution in [0.15, 0.2) is 12.5 Å². The van der Waals surface area contributed by atoms with Gasteiger partial charge in [-0.05, 0) is 38.9 Å². The molecule has 3 rings (SSSR count). The molecule has 1 amide bonds. The van der Waals surface area contributed by atoms with Crippen LogP contribution in [-0.2, 0) is 4.74 Å². The van der Waals surface area contributed by atoms with Gasteiger partial charge in [0.15, 0.2) is 0 Å². The lowest BCUT2D eigenvalue weighted by Crippen LogP contribution is -2.48. The molecule has 6 heteroatoms. The van der Waals surface area contributed by atoms with Crippen LogP contribution in [0, 0.1) is 0 Å². The number of imidazole rings is 1. The number of nitrogens with one attached hydrogen (secondary N) is 1. The van der Waals surface area contributed by atoms with Crippen molar-refractivity contribution >= 4 is 17.7 Å². The van der Waals surface area contributed by atoms with Crippen molar-refractivity contribution in [1.82, 2.24) is 14.9 Å². The van der Waals surface area contributed by atoms with E-state index in [1.54, 1.807) is 6.33 Å². The summed E-state index contributed by atoms with van der Waals surface area (Å²) in [6.07, 6.45) is 6.46. The van der Waals surface area contributed by atoms with Crippen molar-refractivity contribution < 1.29 is 9.53 Å². The van der Waals surface area contributed by atoms with Gasteiger partial charge in [0.25, 0.3) is 5.91 Å². The largest absolute Gasteiger partial charge is 0.374 e. The van der Waals surface area contributed by atoms with E-state index in [0.29, 0.717) is 11.7 Å². The molecule has 0 radical (unpaired) electrons. The fraction of sp³-hybridized carbons (Fsp3) is 0.733. The van der Waals surface area contributed by atoms with Gasteiger partial charge in [0.05, 0.1) is 11.9 Å². The highest BCUT2D eigenvalue weighted by molar-refractivity contribution is 7.99. The lowest BCUT2D eigenvalue weighted by atomic mass is 9.90. The van der Waals surface area contributed by atoms with Crippen LogP contribution in [0.3, 0.4) is 0 Å². The van der Waals surface area contributed by atoms with Gasteiger partial charge in [-0.1, -0.05) is 0 Å². The molecule has 2 atom stereocenters. The number of thioether (sulfide) groups is 1. The van der Waals surface area contributed by atoms with E-state index >= 15 is 0 Å². The molecule has 0 unspecified atom stereocenters. The third-order valence-corrected chi connectivity index (χ3v) is 5.55. The Morgan fingerprint density at radius 3 is 3.14 bits per heavy atom. The van der Waals surface area contributed by atoms with Crippen molar-refractivity contribution in [2.24, 2.45) is 0 Å². The van der Waals surface area contributed by atoms with Crippen molar-refractivity contribution in [2.45, 2.75) is 50.8 Å². The molecule has 0 saturated carbocycles. The Kier molecular flexibility index (Phi) is 4.26. The summed E-state index contributed by atoms with van der Waals surface area (Å²) in [5.41, 5.74) is 0.503. The normalized spacial score (nSPS) is 29.2. The number of hydrogen-bond acceptors (Lipinski definition) is 4. The SMILES string of the molecule is CC(C)n1cnc(C(=O)N[C@H]2CCO[C@@]3(CCSC3)C2)c1. The molecule has 0 aliphatic carbocycles. The van der Waals surface area contributed by atoms with Gasteiger partial charge in [-0.2, -0.15) is 11.8 Å². The fourth-order valence-corrected chi connectivity index (χ4v) is 4.39. The van der Waals surface area contributed by atoms with Gasteiger partial charge >= 0.3 is 0 Å². The van der Waals surface area contributed by atoms with Crippen molar-refractivity contribution in [1.29, 1.82) is 0 Å². The van der Waals surface area contributed by atoms with Gasteiger partial charge in [0, 0.05) is 30.6 Å². The van der Waals surface area contributed by atoms with E-state index in [4.69, 9.17) is 4.74 Å². The molecule has 5 nitrogen and oxygen atoms in total. The highest BCUT2D eigenvalue weighted by Gasteiger charge is 2.40. The van der Waals surface area contributed by atoms with Crippen LogP contribution in [0.1, 0.15) is 49.6 Å². The first kappa shape index (κ1) is 14.9. The number of carbonyl (C=O) groups excluding carboxylic acids is 1. The Hall–Kier alpha value is -1.01. The van der Waals surface area contributed by atoms with Crippen LogP contribution in [0.4, 0.5) is 0 Å². The maximum absolute atomic E-state index is 12.3. The van der Waals surface area contributed by atoms with Gasteiger partial charge in [0.1, 0.15) is 5.69 Å². The first-order valence-electron chi connectivity index (χ1n) is 7.64. The van der Waals surface area contributed by atoms with Crippen LogP contribution in [0.2, 0.25) is 0 Å². The molecule has 1 spiro atoms. The first-order chi connectivity index (χ1) is 10.1. The van der Waals surface area contributed by atoms with Crippen molar-refractivity contribution in [3.63, 3.8) is 0 Å². The average Bonchev–Trinajstić information content (AvgIpc) is 3.08. The predicted octanol–water partition coefficient (Wildman–Crippen LogP) is 2.25. The number of ether oxygens (including phenoxy) is 1. The summed E-state index contributed by atoms with van der Waals surface area (Å²) in [5.74, 6) is 2.16. The summed E-state index contributed by atoms with van der Waals surface area (Å²) in [6.45, 7) is 4.89. The maximum Gasteiger partial charge on any atom is 0.271 e. The molecular formula is C15H23N3O2S. The molecule has 1 aromatic rings. The summed E-state index contributed by atoms with van der Waals surface area (Å²) in [6, 6.07) is 0.523. The number of carbonyl (C=O) groups is 1. The maximum atomic E-state index is 12.3. The average molecular weight is 309 g/mol. The second kappa shape index (κ2) is 6.01. The van der Waals surface area contributed by atoms with Crippen molar-refractivity contribution in [2.75, 3.05) is 18.1 Å². The Bertz CT molecular complexity index is 509. The number of aromatic nitrogens is 2. The zero-order chi connectivity index (χ0) is 14.9. The molecule has 2 aliphatic heterocycles. The zero-order valence-electron chi connectivity index (χ0n) is 12.7. The minimum atomic E-state index is -0.0675. The Morgan fingerprint density at radius 2 is 2.48 bits per heavy atom. The number of rotatable bonds is 3. The lowest BCUT2D eigenvalue weighted by Gasteiger charge is -2.37. The van der Waals surface area contributed by atoms with E-state index in [2.05, 4.69) is 24.1 Å². The Morgan fingerprint density at radius 1 is 1.62 bits per heavy atom. The standard InChI is InChI=1S/C15H23N3O2S/c1-11(2)18-8-13(16-10-18)14(19)17-12-3-5-20-15(7-12)4-6-21-9-15/h8,10-12H,3-7,9H2,1-2H3,(H,17,19)/t12-,15-/m0/s1. The van der Waals surface area contributed by atoms with E-state index in [1.165, 1.54) is 5.75 Å². The van der Waals surface area contributed by atoms with Crippen LogP contribution >= 0.6 is 11.8 Å². The fourth-order valence-electron chi connectivity index (χ4n) is 3.01. The van der Waals surface area contributed by atoms with Gasteiger partial charge in [-0.3, -0.25) is 4.79 Å². The quantitative estimate of drug-likeness (QED) is 0.930. The summed E-state index contributed by atoms with van der Waals surface area (Å²) < 4.78 is 7.94. The number of hydrogen-bond donors (Lipinski definition) is 1. The second-order valence-electron chi connectivity index (χ2n) is 6.30. The van der Waals surface area contributed by atoms with Gasteiger partial charge < -0.3 is 14.6 Å². The Balaban J connectivity index is 1.61. The van der Waals surface area contributed by atoms with Crippen LogP contribution in [0.5, 0.6) is 0 Å². The monoisotopic (exact) mass is 309 g/mol. The molecule has 1 aromatic heterocycles. The second-order valence-corrected chi connectivity index (χ2v) is 7.40. The zero-order valence-corrected chi connectivity index (χ0v) is 13.5. The highest BCUT2D eigenvalue weighted by Crippen LogP contribution is 2.38. The molecular weight excluding hydrogens is 286 g/mol. The van der Waals surface area contributed by atoms with Gasteiger partial charge in [-0.15, -0.1) is 0 Å². The minimum absolute atomic E-state index is 0.00183. The highest BCUT2D eigenvalue weighted by atomic mass is 32.2. The van der Waals surface area contributed by atoms with Crippen LogP contribution in [0.25, 0.3) is 0 Å². The summed E-state index contributed by atoms with van der Waals surface area (Å²) in [5, 5.41) is 3.13. The minimum Gasteiger partial charge on any atom is -0.374 e. The molecule has 2 fully saturated rings. The molecule has 0 aromatic carbocycles. The molecule has 2 aliphatic rings. The summed E-state index contributed by atoms with van der Waals surface area (Å²) >= 11 is 1.95. The first-order valence-corrected chi connectivity index (χ1v) is 8.79. The predicted molar refractivity (Wildman–Crippen MR) is 83.7 cm³/mol. The van der Waals surface area contributed by atoms with E-state index in [-0.39, 0.29) is 17.6 Å². The molecule has 3 heterocycles. The lowest BCUT2D eigenvalue weighted by molar-refractivity contribution is -0.0688. The third kappa shape index (κ3) is 3.26. The van der Waals surface area contributed by atoms with Crippen LogP contribution in [-0.4, -0.2) is 45.2 Å². The number of nitrogens with zero attached hydrogens (tertiary/aromatic N) is 2. The summed E-state index contributed by atoms with van der Waals surface area (Å²) in [7, 11) is 0. The molecule has 1 N–H and O–H groups in total. The molecule has 21 heavy (non-hydrogen) atoms. The number of amides is 1. The van der Waals surface area contributed by atoms with E-state index in [1.807, 2.05) is 22.5 Å². The van der Waals surface area contributed by atoms with Crippen LogP contribution < -0.4 is 5.32 Å². The topological polar surface area (TPSA) is 56.2 Å². The molecule has 116 valence electrons. The van der Waals surface area contributed by atoms with E-state index in [9.17, 15) is 4.79 Å². The summed E-state index contributed by atoms with van der Waals surface area (Å²) in [4.78, 5) is 16.5. The van der Waals surface area contributed by atoms with E-state index in [0.717, 1.165) is 31.6 Å². The van der Waals surface area contributed by atoms with Crippen molar-refractivity contribution in [3.8, 4) is 0 Å². The smallest absolute Gasteiger partial charge is 0.271 e. The van der Waals surface area contributed by atoms with Crippen molar-refractivity contribution in [3.05, 3.63) is 18.2 Å². The van der Waals surface area contributed by atoms with Gasteiger partial charge in [0.2, 0.25) is 0 Å². The Labute approximate surface area is 129 Å². The molecule has 2 saturated heterocycles. The van der Waals surface area contributed by atoms with Gasteiger partial charge in [-0.25, -0.2) is 4.98 Å². The third-order valence-electron chi connectivity index (χ3n) is 4.33. The molecule has 0 bridgehead atoms. The van der Waals surface area contributed by atoms with E-state index < -0.39 is 0 Å².